The van der Waals surface area contributed by atoms with Gasteiger partial charge in [-0.15, -0.1) is 0 Å². The average Bonchev–Trinajstić information content (AvgIpc) is 3.17. The number of nitrogens with one attached hydrogen (secondary N) is 2. The summed E-state index contributed by atoms with van der Waals surface area (Å²) < 4.78 is 1.85. The minimum atomic E-state index is -0.00140. The van der Waals surface area contributed by atoms with Crippen LogP contribution in [0.1, 0.15) is 25.8 Å². The summed E-state index contributed by atoms with van der Waals surface area (Å²) in [5.74, 6) is 0.565. The Kier molecular flexibility index (Phi) is 5.70. The lowest BCUT2D eigenvalue weighted by molar-refractivity contribution is -0.119. The van der Waals surface area contributed by atoms with Crippen molar-refractivity contribution in [1.82, 2.24) is 19.7 Å². The van der Waals surface area contributed by atoms with Crippen LogP contribution in [-0.2, 0) is 11.3 Å². The zero-order valence-corrected chi connectivity index (χ0v) is 17.0. The van der Waals surface area contributed by atoms with Crippen LogP contribution in [0, 0.1) is 5.92 Å². The first-order chi connectivity index (χ1) is 14.6. The number of hydrogen-bond donors (Lipinski definition) is 2. The lowest BCUT2D eigenvalue weighted by atomic mass is 10.1. The zero-order chi connectivity index (χ0) is 20.9. The molecule has 7 heteroatoms. The lowest BCUT2D eigenvalue weighted by Gasteiger charge is -2.11. The molecule has 30 heavy (non-hydrogen) atoms. The molecule has 1 unspecified atom stereocenters. The third-order valence-electron chi connectivity index (χ3n) is 5.02. The van der Waals surface area contributed by atoms with E-state index in [9.17, 15) is 4.79 Å². The van der Waals surface area contributed by atoms with Crippen molar-refractivity contribution < 1.29 is 4.79 Å². The fourth-order valence-electron chi connectivity index (χ4n) is 3.01. The van der Waals surface area contributed by atoms with E-state index in [1.54, 1.807) is 12.4 Å². The van der Waals surface area contributed by atoms with Crippen molar-refractivity contribution in [2.24, 2.45) is 5.92 Å². The number of benzene rings is 2. The molecule has 2 aromatic carbocycles. The maximum Gasteiger partial charge on any atom is 0.229 e. The van der Waals surface area contributed by atoms with Gasteiger partial charge in [0, 0.05) is 23.5 Å². The molecule has 0 bridgehead atoms. The Labute approximate surface area is 175 Å². The predicted octanol–water partition coefficient (Wildman–Crippen LogP) is 4.60. The smallest absolute Gasteiger partial charge is 0.229 e. The highest BCUT2D eigenvalue weighted by Crippen LogP contribution is 2.18. The normalized spacial score (nSPS) is 11.9. The summed E-state index contributed by atoms with van der Waals surface area (Å²) in [5, 5.41) is 11.5. The van der Waals surface area contributed by atoms with Gasteiger partial charge in [0.2, 0.25) is 11.9 Å². The number of carbonyl (C=O) groups excluding carboxylic acids is 1. The van der Waals surface area contributed by atoms with Crippen LogP contribution in [0.5, 0.6) is 0 Å². The van der Waals surface area contributed by atoms with Crippen LogP contribution in [0.3, 0.4) is 0 Å². The number of carbonyl (C=O) groups is 1. The molecule has 0 aliphatic heterocycles. The largest absolute Gasteiger partial charge is 0.326 e. The van der Waals surface area contributed by atoms with Crippen LogP contribution < -0.4 is 10.6 Å². The number of anilines is 3. The Hall–Kier alpha value is -3.74. The molecule has 1 atom stereocenters. The molecule has 0 spiro atoms. The van der Waals surface area contributed by atoms with Crippen molar-refractivity contribution >= 4 is 34.3 Å². The second-order valence-electron chi connectivity index (χ2n) is 7.26. The van der Waals surface area contributed by atoms with E-state index in [1.807, 2.05) is 73.1 Å². The fraction of sp³-hybridized carbons (Fsp3) is 0.217. The van der Waals surface area contributed by atoms with E-state index in [2.05, 4.69) is 25.7 Å². The van der Waals surface area contributed by atoms with E-state index in [1.165, 1.54) is 0 Å². The predicted molar refractivity (Wildman–Crippen MR) is 119 cm³/mol. The van der Waals surface area contributed by atoms with E-state index in [4.69, 9.17) is 0 Å². The highest BCUT2D eigenvalue weighted by molar-refractivity contribution is 5.92. The van der Waals surface area contributed by atoms with Crippen LogP contribution >= 0.6 is 0 Å². The van der Waals surface area contributed by atoms with Crippen LogP contribution in [-0.4, -0.2) is 25.7 Å². The average molecular weight is 400 g/mol. The van der Waals surface area contributed by atoms with E-state index in [0.717, 1.165) is 34.4 Å². The van der Waals surface area contributed by atoms with Crippen LogP contribution in [0.25, 0.3) is 11.0 Å². The van der Waals surface area contributed by atoms with Gasteiger partial charge in [-0.25, -0.2) is 9.67 Å². The van der Waals surface area contributed by atoms with Gasteiger partial charge in [-0.05, 0) is 36.2 Å². The Balaban J connectivity index is 1.49. The zero-order valence-electron chi connectivity index (χ0n) is 17.0. The van der Waals surface area contributed by atoms with E-state index >= 15 is 0 Å². The molecule has 0 saturated heterocycles. The number of aromatic nitrogens is 4. The molecule has 152 valence electrons. The standard InChI is InChI=1S/C23H24N6O/c1-3-16(2)22(30)26-20-11-9-17(10-12-20)15-29-21-18(14-25-29)13-24-23(28-21)27-19-7-5-4-6-8-19/h4-14,16H,3,15H2,1-2H3,(H,26,30)(H,24,27,28). The first kappa shape index (κ1) is 19.6. The molecule has 7 nitrogen and oxygen atoms in total. The third kappa shape index (κ3) is 4.46. The number of fused-ring (bicyclic) bond motifs is 1. The van der Waals surface area contributed by atoms with Crippen molar-refractivity contribution in [3.63, 3.8) is 0 Å². The van der Waals surface area contributed by atoms with Gasteiger partial charge in [-0.3, -0.25) is 4.79 Å². The summed E-state index contributed by atoms with van der Waals surface area (Å²) in [6.45, 7) is 4.51. The minimum absolute atomic E-state index is 0.00140. The summed E-state index contributed by atoms with van der Waals surface area (Å²) >= 11 is 0. The molecule has 1 amide bonds. The third-order valence-corrected chi connectivity index (χ3v) is 5.02. The Morgan fingerprint density at radius 2 is 1.80 bits per heavy atom. The Morgan fingerprint density at radius 3 is 2.53 bits per heavy atom. The second-order valence-corrected chi connectivity index (χ2v) is 7.26. The summed E-state index contributed by atoms with van der Waals surface area (Å²) in [5.41, 5.74) is 3.55. The molecule has 2 heterocycles. The summed E-state index contributed by atoms with van der Waals surface area (Å²) in [6.07, 6.45) is 4.35. The maximum atomic E-state index is 12.0. The van der Waals surface area contributed by atoms with E-state index in [-0.39, 0.29) is 11.8 Å². The molecule has 4 aromatic rings. The van der Waals surface area contributed by atoms with Gasteiger partial charge in [0.25, 0.3) is 0 Å². The second kappa shape index (κ2) is 8.73. The number of nitrogens with zero attached hydrogens (tertiary/aromatic N) is 4. The van der Waals surface area contributed by atoms with Crippen LogP contribution in [0.4, 0.5) is 17.3 Å². The van der Waals surface area contributed by atoms with Crippen LogP contribution in [0.2, 0.25) is 0 Å². The Bertz CT molecular complexity index is 1140. The number of hydrogen-bond acceptors (Lipinski definition) is 5. The minimum Gasteiger partial charge on any atom is -0.326 e. The fourth-order valence-corrected chi connectivity index (χ4v) is 3.01. The van der Waals surface area contributed by atoms with Crippen molar-refractivity contribution in [1.29, 1.82) is 0 Å². The Morgan fingerprint density at radius 1 is 1.03 bits per heavy atom. The molecule has 0 fully saturated rings. The molecule has 4 rings (SSSR count). The maximum absolute atomic E-state index is 12.0. The van der Waals surface area contributed by atoms with Gasteiger partial charge in [0.15, 0.2) is 5.65 Å². The molecule has 0 saturated carbocycles. The quantitative estimate of drug-likeness (QED) is 0.473. The molecular formula is C23H24N6O. The highest BCUT2D eigenvalue weighted by atomic mass is 16.1. The van der Waals surface area contributed by atoms with Crippen molar-refractivity contribution in [3.05, 3.63) is 72.6 Å². The van der Waals surface area contributed by atoms with E-state index in [0.29, 0.717) is 12.5 Å². The van der Waals surface area contributed by atoms with Crippen molar-refractivity contribution in [2.75, 3.05) is 10.6 Å². The van der Waals surface area contributed by atoms with Crippen molar-refractivity contribution in [3.8, 4) is 0 Å². The van der Waals surface area contributed by atoms with Crippen molar-refractivity contribution in [2.45, 2.75) is 26.8 Å². The van der Waals surface area contributed by atoms with Gasteiger partial charge in [-0.2, -0.15) is 10.1 Å². The molecule has 2 N–H and O–H groups in total. The highest BCUT2D eigenvalue weighted by Gasteiger charge is 2.11. The van der Waals surface area contributed by atoms with Gasteiger partial charge < -0.3 is 10.6 Å². The molecule has 0 aliphatic carbocycles. The topological polar surface area (TPSA) is 84.7 Å². The number of rotatable bonds is 7. The van der Waals surface area contributed by atoms with Gasteiger partial charge >= 0.3 is 0 Å². The molecule has 0 aliphatic rings. The first-order valence-corrected chi connectivity index (χ1v) is 10.0. The monoisotopic (exact) mass is 400 g/mol. The SMILES string of the molecule is CCC(C)C(=O)Nc1ccc(Cn2ncc3cnc(Nc4ccccc4)nc32)cc1. The summed E-state index contributed by atoms with van der Waals surface area (Å²) in [7, 11) is 0. The molecule has 2 aromatic heterocycles. The summed E-state index contributed by atoms with van der Waals surface area (Å²) in [4.78, 5) is 21.0. The lowest BCUT2D eigenvalue weighted by Crippen LogP contribution is -2.19. The van der Waals surface area contributed by atoms with Gasteiger partial charge in [-0.1, -0.05) is 44.2 Å². The van der Waals surface area contributed by atoms with Gasteiger partial charge in [0.1, 0.15) is 0 Å². The molecular weight excluding hydrogens is 376 g/mol. The molecule has 0 radical (unpaired) electrons. The first-order valence-electron chi connectivity index (χ1n) is 10.0. The summed E-state index contributed by atoms with van der Waals surface area (Å²) in [6, 6.07) is 17.6. The van der Waals surface area contributed by atoms with Crippen LogP contribution in [0.15, 0.2) is 67.0 Å². The number of amides is 1. The van der Waals surface area contributed by atoms with Gasteiger partial charge in [0.05, 0.1) is 18.1 Å². The number of para-hydroxylation sites is 1. The van der Waals surface area contributed by atoms with E-state index < -0.39 is 0 Å².